The van der Waals surface area contributed by atoms with E-state index in [1.165, 1.54) is 13.2 Å². The number of ether oxygens (including phenoxy) is 5. The van der Waals surface area contributed by atoms with E-state index < -0.39 is 47.0 Å². The molecule has 0 bridgehead atoms. The summed E-state index contributed by atoms with van der Waals surface area (Å²) < 4.78 is 26.3. The third-order valence-electron chi connectivity index (χ3n) is 5.05. The minimum Gasteiger partial charge on any atom is -0.468 e. The Bertz CT molecular complexity index is 974. The highest BCUT2D eigenvalue weighted by molar-refractivity contribution is 5.81. The summed E-state index contributed by atoms with van der Waals surface area (Å²) in [6, 6.07) is 3.94. The lowest BCUT2D eigenvalue weighted by Crippen LogP contribution is -2.43. The summed E-state index contributed by atoms with van der Waals surface area (Å²) in [5, 5.41) is 3.04. The molecule has 2 atom stereocenters. The molecule has 1 N–H and O–H groups in total. The molecule has 0 aromatic heterocycles. The SMILES string of the molecule is COC(=O)[C@H](Cc1ccc(OC(=O)C(C)(C)C)c(OC(=O)C(C)(C)C)c1)NCC(C)OC(=O)OCC(C)C. The molecule has 0 fully saturated rings. The van der Waals surface area contributed by atoms with Crippen LogP contribution in [0, 0.1) is 16.7 Å². The molecule has 0 radical (unpaired) electrons. The summed E-state index contributed by atoms with van der Waals surface area (Å²) in [5.74, 6) is -1.20. The summed E-state index contributed by atoms with van der Waals surface area (Å²) >= 11 is 0. The van der Waals surface area contributed by atoms with E-state index >= 15 is 0 Å². The van der Waals surface area contributed by atoms with Crippen molar-refractivity contribution in [2.24, 2.45) is 16.7 Å². The molecule has 1 rings (SSSR count). The Morgan fingerprint density at radius 2 is 1.42 bits per heavy atom. The van der Waals surface area contributed by atoms with Crippen molar-refractivity contribution in [3.8, 4) is 11.5 Å². The fourth-order valence-electron chi connectivity index (χ4n) is 2.75. The minimum atomic E-state index is -0.802. The number of hydrogen-bond acceptors (Lipinski definition) is 10. The molecule has 0 saturated carbocycles. The molecule has 0 spiro atoms. The van der Waals surface area contributed by atoms with Gasteiger partial charge in [-0.05, 0) is 78.5 Å². The molecule has 10 heteroatoms. The van der Waals surface area contributed by atoms with Crippen LogP contribution in [0.4, 0.5) is 4.79 Å². The van der Waals surface area contributed by atoms with Crippen molar-refractivity contribution >= 4 is 24.1 Å². The zero-order valence-corrected chi connectivity index (χ0v) is 24.3. The highest BCUT2D eigenvalue weighted by Gasteiger charge is 2.29. The van der Waals surface area contributed by atoms with Crippen LogP contribution in [0.5, 0.6) is 11.5 Å². The van der Waals surface area contributed by atoms with Crippen molar-refractivity contribution in [2.45, 2.75) is 80.9 Å². The van der Waals surface area contributed by atoms with Crippen LogP contribution in [0.2, 0.25) is 0 Å². The maximum atomic E-state index is 12.6. The molecule has 0 aliphatic heterocycles. The Morgan fingerprint density at radius 1 is 0.868 bits per heavy atom. The number of rotatable bonds is 11. The molecule has 0 amide bonds. The maximum Gasteiger partial charge on any atom is 0.508 e. The second kappa shape index (κ2) is 14.1. The molecule has 0 aliphatic carbocycles. The zero-order chi connectivity index (χ0) is 29.3. The lowest BCUT2D eigenvalue weighted by molar-refractivity contribution is -0.145. The first-order chi connectivity index (χ1) is 17.4. The second-order valence-corrected chi connectivity index (χ2v) is 11.6. The fourth-order valence-corrected chi connectivity index (χ4v) is 2.75. The zero-order valence-electron chi connectivity index (χ0n) is 24.3. The Labute approximate surface area is 225 Å². The van der Waals surface area contributed by atoms with Crippen molar-refractivity contribution in [1.29, 1.82) is 0 Å². The van der Waals surface area contributed by atoms with Gasteiger partial charge in [0, 0.05) is 6.54 Å². The van der Waals surface area contributed by atoms with Gasteiger partial charge in [0.05, 0.1) is 24.5 Å². The van der Waals surface area contributed by atoms with E-state index in [0.717, 1.165) is 0 Å². The van der Waals surface area contributed by atoms with Gasteiger partial charge in [-0.15, -0.1) is 0 Å². The normalized spacial score (nSPS) is 13.3. The van der Waals surface area contributed by atoms with Crippen LogP contribution < -0.4 is 14.8 Å². The smallest absolute Gasteiger partial charge is 0.468 e. The van der Waals surface area contributed by atoms with E-state index in [9.17, 15) is 19.2 Å². The van der Waals surface area contributed by atoms with Crippen LogP contribution in [0.25, 0.3) is 0 Å². The van der Waals surface area contributed by atoms with Gasteiger partial charge < -0.3 is 29.0 Å². The molecule has 214 valence electrons. The third kappa shape index (κ3) is 11.5. The molecule has 1 aromatic carbocycles. The number of esters is 3. The second-order valence-electron chi connectivity index (χ2n) is 11.6. The molecule has 0 heterocycles. The van der Waals surface area contributed by atoms with Crippen molar-refractivity contribution in [3.63, 3.8) is 0 Å². The highest BCUT2D eigenvalue weighted by Crippen LogP contribution is 2.33. The van der Waals surface area contributed by atoms with Gasteiger partial charge in [0.1, 0.15) is 12.1 Å². The Morgan fingerprint density at radius 3 is 1.92 bits per heavy atom. The standard InChI is InChI=1S/C28H43NO9/c1-17(2)16-35-26(33)36-18(3)15-29-20(23(30)34-10)13-19-11-12-21(37-24(31)27(4,5)6)22(14-19)38-25(32)28(7,8)9/h11-12,14,17-18,20,29H,13,15-16H2,1-10H3/t18?,20-/m0/s1. The average molecular weight is 538 g/mol. The summed E-state index contributed by atoms with van der Waals surface area (Å²) in [6.07, 6.45) is -1.21. The fraction of sp³-hybridized carbons (Fsp3) is 0.643. The predicted octanol–water partition coefficient (Wildman–Crippen LogP) is 4.46. The highest BCUT2D eigenvalue weighted by atomic mass is 16.7. The first-order valence-electron chi connectivity index (χ1n) is 12.7. The van der Waals surface area contributed by atoms with Crippen molar-refractivity contribution in [3.05, 3.63) is 23.8 Å². The van der Waals surface area contributed by atoms with Gasteiger partial charge in [-0.3, -0.25) is 14.4 Å². The molecule has 38 heavy (non-hydrogen) atoms. The molecule has 1 unspecified atom stereocenters. The molecular formula is C28H43NO9. The number of nitrogens with one attached hydrogen (secondary N) is 1. The maximum absolute atomic E-state index is 12.6. The number of methoxy groups -OCH3 is 1. The Kier molecular flexibility index (Phi) is 12.2. The van der Waals surface area contributed by atoms with Gasteiger partial charge in [-0.25, -0.2) is 4.79 Å². The average Bonchev–Trinajstić information content (AvgIpc) is 2.79. The van der Waals surface area contributed by atoms with Crippen LogP contribution in [0.1, 0.15) is 67.9 Å². The van der Waals surface area contributed by atoms with E-state index in [4.69, 9.17) is 23.7 Å². The van der Waals surface area contributed by atoms with Crippen molar-refractivity contribution < 1.29 is 42.9 Å². The van der Waals surface area contributed by atoms with Gasteiger partial charge in [-0.1, -0.05) is 19.9 Å². The number of carbonyl (C=O) groups excluding carboxylic acids is 4. The predicted molar refractivity (Wildman–Crippen MR) is 141 cm³/mol. The molecule has 1 aromatic rings. The minimum absolute atomic E-state index is 0.0632. The summed E-state index contributed by atoms with van der Waals surface area (Å²) in [5.41, 5.74) is -0.960. The van der Waals surface area contributed by atoms with Gasteiger partial charge in [0.15, 0.2) is 11.5 Å². The molecule has 0 aliphatic rings. The first-order valence-corrected chi connectivity index (χ1v) is 12.7. The molecular weight excluding hydrogens is 494 g/mol. The van der Waals surface area contributed by atoms with Crippen LogP contribution in [-0.4, -0.2) is 56.5 Å². The van der Waals surface area contributed by atoms with Gasteiger partial charge >= 0.3 is 24.1 Å². The van der Waals surface area contributed by atoms with Crippen LogP contribution in [-0.2, 0) is 35.0 Å². The number of benzene rings is 1. The van der Waals surface area contributed by atoms with E-state index in [1.807, 2.05) is 13.8 Å². The monoisotopic (exact) mass is 537 g/mol. The lowest BCUT2D eigenvalue weighted by Gasteiger charge is -2.22. The van der Waals surface area contributed by atoms with Crippen LogP contribution in [0.3, 0.4) is 0 Å². The summed E-state index contributed by atoms with van der Waals surface area (Å²) in [7, 11) is 1.27. The lowest BCUT2D eigenvalue weighted by atomic mass is 9.97. The largest absolute Gasteiger partial charge is 0.508 e. The van der Waals surface area contributed by atoms with E-state index in [-0.39, 0.29) is 37.0 Å². The quantitative estimate of drug-likeness (QED) is 0.319. The Balaban J connectivity index is 3.08. The first kappa shape index (κ1) is 32.9. The third-order valence-corrected chi connectivity index (χ3v) is 5.05. The number of hydrogen-bond donors (Lipinski definition) is 1. The summed E-state index contributed by atoms with van der Waals surface area (Å²) in [4.78, 5) is 49.4. The molecule has 0 saturated heterocycles. The van der Waals surface area contributed by atoms with Gasteiger partial charge in [-0.2, -0.15) is 0 Å². The van der Waals surface area contributed by atoms with E-state index in [1.54, 1.807) is 60.6 Å². The Hall–Kier alpha value is -3.14. The van der Waals surface area contributed by atoms with Crippen LogP contribution in [0.15, 0.2) is 18.2 Å². The topological polar surface area (TPSA) is 126 Å². The van der Waals surface area contributed by atoms with Gasteiger partial charge in [0.2, 0.25) is 0 Å². The molecule has 10 nitrogen and oxygen atoms in total. The van der Waals surface area contributed by atoms with Crippen LogP contribution >= 0.6 is 0 Å². The summed E-state index contributed by atoms with van der Waals surface area (Å²) in [6.45, 7) is 16.2. The van der Waals surface area contributed by atoms with Gasteiger partial charge in [0.25, 0.3) is 0 Å². The number of carbonyl (C=O) groups is 4. The van der Waals surface area contributed by atoms with E-state index in [0.29, 0.717) is 5.56 Å². The van der Waals surface area contributed by atoms with Crippen molar-refractivity contribution in [2.75, 3.05) is 20.3 Å². The van der Waals surface area contributed by atoms with Crippen molar-refractivity contribution in [1.82, 2.24) is 5.32 Å². The van der Waals surface area contributed by atoms with E-state index in [2.05, 4.69) is 5.32 Å².